The van der Waals surface area contributed by atoms with Crippen molar-refractivity contribution in [2.75, 3.05) is 26.2 Å². The van der Waals surface area contributed by atoms with E-state index in [2.05, 4.69) is 15.9 Å². The van der Waals surface area contributed by atoms with Gasteiger partial charge in [0.15, 0.2) is 0 Å². The zero-order chi connectivity index (χ0) is 21.3. The lowest BCUT2D eigenvalue weighted by molar-refractivity contribution is -0.147. The quantitative estimate of drug-likeness (QED) is 0.613. The molecule has 0 aromatic heterocycles. The summed E-state index contributed by atoms with van der Waals surface area (Å²) in [5.41, 5.74) is 0.801. The Morgan fingerprint density at radius 3 is 2.43 bits per heavy atom. The van der Waals surface area contributed by atoms with Crippen LogP contribution in [-0.4, -0.2) is 70.5 Å². The van der Waals surface area contributed by atoms with Gasteiger partial charge in [-0.2, -0.15) is 0 Å². The van der Waals surface area contributed by atoms with Crippen LogP contribution < -0.4 is 0 Å². The summed E-state index contributed by atoms with van der Waals surface area (Å²) in [4.78, 5) is 55.7. The van der Waals surface area contributed by atoms with Crippen LogP contribution >= 0.6 is 15.9 Å². The molecule has 8 heteroatoms. The fraction of sp³-hybridized carbons (Fsp3) is 0.545. The predicted molar refractivity (Wildman–Crippen MR) is 114 cm³/mol. The summed E-state index contributed by atoms with van der Waals surface area (Å²) in [7, 11) is 0. The Morgan fingerprint density at radius 1 is 0.967 bits per heavy atom. The maximum absolute atomic E-state index is 12.9. The number of benzene rings is 1. The topological polar surface area (TPSA) is 78.0 Å². The van der Waals surface area contributed by atoms with Crippen LogP contribution in [0.1, 0.15) is 65.7 Å². The lowest BCUT2D eigenvalue weighted by Gasteiger charge is -2.37. The number of likely N-dealkylation sites (tertiary alicyclic amines) is 2. The van der Waals surface area contributed by atoms with Crippen LogP contribution in [0.4, 0.5) is 0 Å². The molecular formula is C22H26BrN3O4. The lowest BCUT2D eigenvalue weighted by atomic mass is 10.00. The predicted octanol–water partition coefficient (Wildman–Crippen LogP) is 2.83. The Kier molecular flexibility index (Phi) is 6.22. The van der Waals surface area contributed by atoms with E-state index >= 15 is 0 Å². The Morgan fingerprint density at radius 2 is 1.67 bits per heavy atom. The largest absolute Gasteiger partial charge is 0.341 e. The first-order valence-electron chi connectivity index (χ1n) is 10.7. The average Bonchev–Trinajstić information content (AvgIpc) is 3.36. The zero-order valence-electron chi connectivity index (χ0n) is 16.9. The molecule has 3 heterocycles. The van der Waals surface area contributed by atoms with Gasteiger partial charge in [0.1, 0.15) is 6.04 Å². The van der Waals surface area contributed by atoms with E-state index in [0.717, 1.165) is 43.2 Å². The van der Waals surface area contributed by atoms with E-state index in [1.165, 1.54) is 4.90 Å². The fourth-order valence-corrected chi connectivity index (χ4v) is 4.99. The second-order valence-corrected chi connectivity index (χ2v) is 9.10. The second-order valence-electron chi connectivity index (χ2n) is 8.19. The van der Waals surface area contributed by atoms with Crippen LogP contribution in [0.3, 0.4) is 0 Å². The van der Waals surface area contributed by atoms with Crippen molar-refractivity contribution in [1.82, 2.24) is 14.7 Å². The van der Waals surface area contributed by atoms with E-state index < -0.39 is 0 Å². The molecule has 0 bridgehead atoms. The molecular weight excluding hydrogens is 450 g/mol. The molecule has 160 valence electrons. The molecule has 0 saturated carbocycles. The van der Waals surface area contributed by atoms with Crippen molar-refractivity contribution < 1.29 is 19.2 Å². The van der Waals surface area contributed by atoms with Gasteiger partial charge in [0.25, 0.3) is 11.8 Å². The van der Waals surface area contributed by atoms with Crippen molar-refractivity contribution in [2.45, 2.75) is 51.0 Å². The van der Waals surface area contributed by atoms with Gasteiger partial charge < -0.3 is 9.80 Å². The van der Waals surface area contributed by atoms with Gasteiger partial charge in [-0.15, -0.1) is 0 Å². The number of amides is 4. The van der Waals surface area contributed by atoms with E-state index in [1.807, 2.05) is 4.90 Å². The highest BCUT2D eigenvalue weighted by atomic mass is 79.9. The first-order valence-corrected chi connectivity index (χ1v) is 11.5. The monoisotopic (exact) mass is 475 g/mol. The van der Waals surface area contributed by atoms with Gasteiger partial charge in [0, 0.05) is 37.1 Å². The molecule has 2 fully saturated rings. The first-order chi connectivity index (χ1) is 14.5. The molecule has 4 rings (SSSR count). The van der Waals surface area contributed by atoms with Crippen LogP contribution in [0, 0.1) is 0 Å². The highest BCUT2D eigenvalue weighted by Crippen LogP contribution is 2.27. The van der Waals surface area contributed by atoms with Gasteiger partial charge in [0.2, 0.25) is 11.8 Å². The summed E-state index contributed by atoms with van der Waals surface area (Å²) in [6.45, 7) is 2.37. The van der Waals surface area contributed by atoms with Gasteiger partial charge in [0.05, 0.1) is 11.1 Å². The van der Waals surface area contributed by atoms with Crippen LogP contribution in [0.15, 0.2) is 22.7 Å². The summed E-state index contributed by atoms with van der Waals surface area (Å²) >= 11 is 3.33. The lowest BCUT2D eigenvalue weighted by Crippen LogP contribution is -2.52. The number of halogens is 1. The number of fused-ring (bicyclic) bond motifs is 1. The molecule has 4 amide bonds. The van der Waals surface area contributed by atoms with Gasteiger partial charge >= 0.3 is 0 Å². The summed E-state index contributed by atoms with van der Waals surface area (Å²) < 4.78 is 0.748. The standard InChI is InChI=1S/C22H26BrN3O4/c23-15-8-9-16-17(14-15)21(29)26(20(16)28)13-5-7-19(27)25-12-2-1-6-18(25)22(30)24-10-3-4-11-24/h8-9,14,18H,1-7,10-13H2. The van der Waals surface area contributed by atoms with E-state index in [9.17, 15) is 19.2 Å². The van der Waals surface area contributed by atoms with Crippen molar-refractivity contribution in [1.29, 1.82) is 0 Å². The molecule has 0 radical (unpaired) electrons. The van der Waals surface area contributed by atoms with Gasteiger partial charge in [-0.05, 0) is 56.7 Å². The summed E-state index contributed by atoms with van der Waals surface area (Å²) in [6.07, 6.45) is 5.26. The number of carbonyl (C=O) groups excluding carboxylic acids is 4. The Bertz CT molecular complexity index is 881. The van der Waals surface area contributed by atoms with E-state index in [-0.39, 0.29) is 42.6 Å². The number of rotatable bonds is 5. The molecule has 30 heavy (non-hydrogen) atoms. The van der Waals surface area contributed by atoms with Crippen molar-refractivity contribution >= 4 is 39.6 Å². The Balaban J connectivity index is 1.34. The number of hydrogen-bond acceptors (Lipinski definition) is 4. The first kappa shape index (κ1) is 21.0. The van der Waals surface area contributed by atoms with Crippen molar-refractivity contribution in [3.05, 3.63) is 33.8 Å². The van der Waals surface area contributed by atoms with Gasteiger partial charge in [-0.3, -0.25) is 24.1 Å². The minimum absolute atomic E-state index is 0.0633. The number of piperidine rings is 1. The molecule has 1 unspecified atom stereocenters. The Labute approximate surface area is 184 Å². The average molecular weight is 476 g/mol. The normalized spacial score (nSPS) is 21.4. The van der Waals surface area contributed by atoms with Crippen LogP contribution in [0.25, 0.3) is 0 Å². The van der Waals surface area contributed by atoms with Crippen LogP contribution in [-0.2, 0) is 9.59 Å². The molecule has 3 aliphatic rings. The Hall–Kier alpha value is -2.22. The minimum Gasteiger partial charge on any atom is -0.341 e. The van der Waals surface area contributed by atoms with Crippen molar-refractivity contribution in [2.24, 2.45) is 0 Å². The third-order valence-electron chi connectivity index (χ3n) is 6.23. The number of nitrogens with zero attached hydrogens (tertiary/aromatic N) is 3. The minimum atomic E-state index is -0.360. The summed E-state index contributed by atoms with van der Waals surface area (Å²) in [6, 6.07) is 4.68. The molecule has 2 saturated heterocycles. The molecule has 1 aromatic rings. The fourth-order valence-electron chi connectivity index (χ4n) is 4.63. The number of carbonyl (C=O) groups is 4. The van der Waals surface area contributed by atoms with Crippen molar-refractivity contribution in [3.8, 4) is 0 Å². The van der Waals surface area contributed by atoms with Crippen LogP contribution in [0.2, 0.25) is 0 Å². The zero-order valence-corrected chi connectivity index (χ0v) is 18.5. The van der Waals surface area contributed by atoms with E-state index in [0.29, 0.717) is 30.5 Å². The third-order valence-corrected chi connectivity index (χ3v) is 6.72. The number of imide groups is 1. The second kappa shape index (κ2) is 8.88. The molecule has 0 spiro atoms. The summed E-state index contributed by atoms with van der Waals surface area (Å²) in [5.74, 6) is -0.614. The molecule has 0 aliphatic carbocycles. The van der Waals surface area contributed by atoms with Gasteiger partial charge in [-0.25, -0.2) is 0 Å². The maximum Gasteiger partial charge on any atom is 0.261 e. The van der Waals surface area contributed by atoms with Crippen LogP contribution in [0.5, 0.6) is 0 Å². The maximum atomic E-state index is 12.9. The number of hydrogen-bond donors (Lipinski definition) is 0. The molecule has 3 aliphatic heterocycles. The molecule has 1 atom stereocenters. The highest BCUT2D eigenvalue weighted by Gasteiger charge is 2.37. The van der Waals surface area contributed by atoms with E-state index in [4.69, 9.17) is 0 Å². The summed E-state index contributed by atoms with van der Waals surface area (Å²) in [5, 5.41) is 0. The van der Waals surface area contributed by atoms with E-state index in [1.54, 1.807) is 23.1 Å². The highest BCUT2D eigenvalue weighted by molar-refractivity contribution is 9.10. The molecule has 7 nitrogen and oxygen atoms in total. The third kappa shape index (κ3) is 4.02. The smallest absolute Gasteiger partial charge is 0.261 e. The SMILES string of the molecule is O=C(C1CCCCN1C(=O)CCCN1C(=O)c2ccc(Br)cc2C1=O)N1CCCC1. The van der Waals surface area contributed by atoms with Gasteiger partial charge in [-0.1, -0.05) is 15.9 Å². The molecule has 0 N–H and O–H groups in total. The molecule has 1 aromatic carbocycles. The van der Waals surface area contributed by atoms with Crippen molar-refractivity contribution in [3.63, 3.8) is 0 Å².